The number of alkyl halides is 2. The molecule has 30 heavy (non-hydrogen) atoms. The zero-order chi connectivity index (χ0) is 21.5. The maximum Gasteiger partial charge on any atom is 0.387 e. The average molecular weight is 434 g/mol. The summed E-state index contributed by atoms with van der Waals surface area (Å²) in [5.41, 5.74) is 1.49. The number of H-pyrrole nitrogens is 1. The molecule has 0 fully saturated rings. The van der Waals surface area contributed by atoms with Gasteiger partial charge >= 0.3 is 6.61 Å². The molecule has 0 unspecified atom stereocenters. The Morgan fingerprint density at radius 1 is 1.23 bits per heavy atom. The van der Waals surface area contributed by atoms with Crippen LogP contribution in [0.3, 0.4) is 0 Å². The predicted molar refractivity (Wildman–Crippen MR) is 109 cm³/mol. The molecule has 0 aliphatic carbocycles. The van der Waals surface area contributed by atoms with Gasteiger partial charge in [0, 0.05) is 25.1 Å². The third-order valence-corrected chi connectivity index (χ3v) is 4.59. The normalized spacial score (nSPS) is 10.8. The summed E-state index contributed by atoms with van der Waals surface area (Å²) < 4.78 is 36.3. The molecule has 2 aromatic carbocycles. The van der Waals surface area contributed by atoms with E-state index in [9.17, 15) is 13.6 Å². The van der Waals surface area contributed by atoms with Crippen LogP contribution < -0.4 is 14.8 Å². The third-order valence-electron chi connectivity index (χ3n) is 4.28. The molecule has 1 heterocycles. The molecule has 3 rings (SSSR count). The Hall–Kier alpha value is -3.27. The van der Waals surface area contributed by atoms with Gasteiger partial charge < -0.3 is 14.8 Å². The summed E-state index contributed by atoms with van der Waals surface area (Å²) in [5, 5.41) is 9.75. The SMILES string of the molecule is COc1ccc(-c2n[nH]c(=S)n2CCC(=O)NCc2cccc(OC(F)F)c2)cc1. The van der Waals surface area contributed by atoms with Gasteiger partial charge in [0.15, 0.2) is 10.6 Å². The fourth-order valence-electron chi connectivity index (χ4n) is 2.82. The molecule has 7 nitrogen and oxygen atoms in total. The van der Waals surface area contributed by atoms with Crippen molar-refractivity contribution in [2.45, 2.75) is 26.1 Å². The van der Waals surface area contributed by atoms with Crippen LogP contribution in [0.4, 0.5) is 8.78 Å². The van der Waals surface area contributed by atoms with E-state index in [0.717, 1.165) is 11.3 Å². The van der Waals surface area contributed by atoms with Crippen molar-refractivity contribution in [3.63, 3.8) is 0 Å². The van der Waals surface area contributed by atoms with Gasteiger partial charge in [0.05, 0.1) is 7.11 Å². The molecular formula is C20H20F2N4O3S. The van der Waals surface area contributed by atoms with E-state index in [4.69, 9.17) is 17.0 Å². The van der Waals surface area contributed by atoms with E-state index in [1.165, 1.54) is 12.1 Å². The van der Waals surface area contributed by atoms with E-state index in [2.05, 4.69) is 20.3 Å². The van der Waals surface area contributed by atoms with E-state index in [-0.39, 0.29) is 24.6 Å². The summed E-state index contributed by atoms with van der Waals surface area (Å²) in [4.78, 5) is 12.3. The Morgan fingerprint density at radius 2 is 2.00 bits per heavy atom. The van der Waals surface area contributed by atoms with Gasteiger partial charge in [0.1, 0.15) is 11.5 Å². The van der Waals surface area contributed by atoms with Crippen molar-refractivity contribution in [3.05, 3.63) is 58.9 Å². The van der Waals surface area contributed by atoms with Crippen LogP contribution in [-0.2, 0) is 17.9 Å². The molecule has 158 valence electrons. The van der Waals surface area contributed by atoms with Crippen LogP contribution in [0.15, 0.2) is 48.5 Å². The van der Waals surface area contributed by atoms with Crippen LogP contribution in [0.25, 0.3) is 11.4 Å². The molecule has 0 bridgehead atoms. The summed E-state index contributed by atoms with van der Waals surface area (Å²) in [7, 11) is 1.59. The van der Waals surface area contributed by atoms with Crippen LogP contribution in [-0.4, -0.2) is 34.4 Å². The predicted octanol–water partition coefficient (Wildman–Crippen LogP) is 3.92. The van der Waals surface area contributed by atoms with Gasteiger partial charge in [-0.2, -0.15) is 13.9 Å². The maximum atomic E-state index is 12.3. The molecule has 0 saturated carbocycles. The Labute approximate surface area is 176 Å². The molecule has 0 aliphatic rings. The summed E-state index contributed by atoms with van der Waals surface area (Å²) in [6, 6.07) is 13.5. The van der Waals surface area contributed by atoms with Crippen molar-refractivity contribution < 1.29 is 23.0 Å². The second-order valence-corrected chi connectivity index (χ2v) is 6.67. The first kappa shape index (κ1) is 21.4. The number of amides is 1. The van der Waals surface area contributed by atoms with E-state index in [0.29, 0.717) is 22.7 Å². The van der Waals surface area contributed by atoms with Crippen molar-refractivity contribution in [2.75, 3.05) is 7.11 Å². The number of ether oxygens (including phenoxy) is 2. The summed E-state index contributed by atoms with van der Waals surface area (Å²) in [6.07, 6.45) is 0.171. The third kappa shape index (κ3) is 5.63. The van der Waals surface area contributed by atoms with E-state index in [1.807, 2.05) is 24.3 Å². The van der Waals surface area contributed by atoms with Crippen molar-refractivity contribution in [3.8, 4) is 22.9 Å². The van der Waals surface area contributed by atoms with Crippen LogP contribution in [0.2, 0.25) is 0 Å². The molecule has 0 spiro atoms. The first-order chi connectivity index (χ1) is 14.5. The Kier molecular flexibility index (Phi) is 7.12. The average Bonchev–Trinajstić information content (AvgIpc) is 3.11. The number of halogens is 2. The van der Waals surface area contributed by atoms with Crippen molar-refractivity contribution in [2.24, 2.45) is 0 Å². The number of carbonyl (C=O) groups is 1. The highest BCUT2D eigenvalue weighted by atomic mass is 32.1. The molecule has 2 N–H and O–H groups in total. The molecule has 0 radical (unpaired) electrons. The number of aromatic amines is 1. The molecule has 1 amide bonds. The standard InChI is InChI=1S/C20H20F2N4O3S/c1-28-15-7-5-14(6-8-15)18-24-25-20(30)26(18)10-9-17(27)23-12-13-3-2-4-16(11-13)29-19(21)22/h2-8,11,19H,9-10,12H2,1H3,(H,23,27)(H,25,30). The summed E-state index contributed by atoms with van der Waals surface area (Å²) in [5.74, 6) is 1.18. The second kappa shape index (κ2) is 9.97. The summed E-state index contributed by atoms with van der Waals surface area (Å²) in [6.45, 7) is -2.37. The van der Waals surface area contributed by atoms with Gasteiger partial charge in [-0.1, -0.05) is 12.1 Å². The lowest BCUT2D eigenvalue weighted by molar-refractivity contribution is -0.121. The number of carbonyl (C=O) groups excluding carboxylic acids is 1. The van der Waals surface area contributed by atoms with E-state index >= 15 is 0 Å². The van der Waals surface area contributed by atoms with Crippen molar-refractivity contribution in [1.29, 1.82) is 0 Å². The Bertz CT molecular complexity index is 1050. The minimum absolute atomic E-state index is 0.0468. The van der Waals surface area contributed by atoms with Gasteiger partial charge in [0.2, 0.25) is 5.91 Å². The number of aromatic nitrogens is 3. The topological polar surface area (TPSA) is 81.2 Å². The Balaban J connectivity index is 1.59. The largest absolute Gasteiger partial charge is 0.497 e. The first-order valence-electron chi connectivity index (χ1n) is 9.06. The molecule has 0 aliphatic heterocycles. The van der Waals surface area contributed by atoms with Gasteiger partial charge in [-0.3, -0.25) is 14.5 Å². The van der Waals surface area contributed by atoms with Crippen LogP contribution in [0.1, 0.15) is 12.0 Å². The molecule has 1 aromatic heterocycles. The number of nitrogens with zero attached hydrogens (tertiary/aromatic N) is 2. The quantitative estimate of drug-likeness (QED) is 0.499. The number of hydrogen-bond acceptors (Lipinski definition) is 5. The van der Waals surface area contributed by atoms with E-state index in [1.54, 1.807) is 23.8 Å². The fourth-order valence-corrected chi connectivity index (χ4v) is 3.04. The van der Waals surface area contributed by atoms with Crippen LogP contribution in [0, 0.1) is 4.77 Å². The number of methoxy groups -OCH3 is 1. The van der Waals surface area contributed by atoms with Gasteiger partial charge in [0.25, 0.3) is 0 Å². The van der Waals surface area contributed by atoms with Gasteiger partial charge in [-0.15, -0.1) is 0 Å². The van der Waals surface area contributed by atoms with Crippen LogP contribution >= 0.6 is 12.2 Å². The maximum absolute atomic E-state index is 12.3. The summed E-state index contributed by atoms with van der Waals surface area (Å²) >= 11 is 5.28. The number of hydrogen-bond donors (Lipinski definition) is 2. The lowest BCUT2D eigenvalue weighted by Gasteiger charge is -2.10. The molecule has 0 saturated heterocycles. The highest BCUT2D eigenvalue weighted by Gasteiger charge is 2.11. The van der Waals surface area contributed by atoms with Gasteiger partial charge in [-0.25, -0.2) is 0 Å². The van der Waals surface area contributed by atoms with E-state index < -0.39 is 6.61 Å². The molecule has 10 heteroatoms. The Morgan fingerprint density at radius 3 is 2.70 bits per heavy atom. The minimum atomic E-state index is -2.89. The smallest absolute Gasteiger partial charge is 0.387 e. The van der Waals surface area contributed by atoms with Gasteiger partial charge in [-0.05, 0) is 54.2 Å². The number of rotatable bonds is 9. The first-order valence-corrected chi connectivity index (χ1v) is 9.47. The molecule has 0 atom stereocenters. The van der Waals surface area contributed by atoms with Crippen molar-refractivity contribution >= 4 is 18.1 Å². The number of benzene rings is 2. The zero-order valence-electron chi connectivity index (χ0n) is 16.1. The molecular weight excluding hydrogens is 414 g/mol. The highest BCUT2D eigenvalue weighted by Crippen LogP contribution is 2.21. The van der Waals surface area contributed by atoms with Crippen molar-refractivity contribution in [1.82, 2.24) is 20.1 Å². The van der Waals surface area contributed by atoms with Crippen LogP contribution in [0.5, 0.6) is 11.5 Å². The fraction of sp³-hybridized carbons (Fsp3) is 0.250. The lowest BCUT2D eigenvalue weighted by atomic mass is 10.2. The monoisotopic (exact) mass is 434 g/mol. The number of nitrogens with one attached hydrogen (secondary N) is 2. The zero-order valence-corrected chi connectivity index (χ0v) is 16.9. The molecule has 3 aromatic rings. The minimum Gasteiger partial charge on any atom is -0.497 e. The lowest BCUT2D eigenvalue weighted by Crippen LogP contribution is -2.24. The second-order valence-electron chi connectivity index (χ2n) is 6.29. The highest BCUT2D eigenvalue weighted by molar-refractivity contribution is 7.71.